The molecule has 8 heteroatoms. The predicted molar refractivity (Wildman–Crippen MR) is 70.2 cm³/mol. The van der Waals surface area contributed by atoms with Gasteiger partial charge >= 0.3 is 11.6 Å². The number of benzene rings is 1. The first kappa shape index (κ1) is 13.1. The van der Waals surface area contributed by atoms with E-state index in [1.54, 1.807) is 18.2 Å². The maximum atomic E-state index is 10.9. The monoisotopic (exact) mass is 280 g/mol. The summed E-state index contributed by atoms with van der Waals surface area (Å²) in [6, 6.07) is 9.09. The van der Waals surface area contributed by atoms with Crippen molar-refractivity contribution < 1.29 is 9.66 Å². The maximum absolute atomic E-state index is 10.9. The first-order chi connectivity index (χ1) is 9.10. The van der Waals surface area contributed by atoms with Gasteiger partial charge in [0.05, 0.1) is 4.92 Å². The van der Waals surface area contributed by atoms with Crippen LogP contribution in [-0.2, 0) is 0 Å². The number of halogens is 1. The van der Waals surface area contributed by atoms with E-state index in [9.17, 15) is 10.1 Å². The van der Waals surface area contributed by atoms with E-state index in [2.05, 4.69) is 10.4 Å². The number of hydrazine groups is 1. The molecular weight excluding hydrogens is 272 g/mol. The van der Waals surface area contributed by atoms with Crippen molar-refractivity contribution in [1.82, 2.24) is 4.98 Å². The normalized spacial score (nSPS) is 10.0. The van der Waals surface area contributed by atoms with Crippen molar-refractivity contribution in [2.24, 2.45) is 5.84 Å². The second-order valence-electron chi connectivity index (χ2n) is 3.48. The van der Waals surface area contributed by atoms with Crippen LogP contribution in [0.3, 0.4) is 0 Å². The third-order valence-electron chi connectivity index (χ3n) is 2.20. The van der Waals surface area contributed by atoms with E-state index in [0.29, 0.717) is 10.8 Å². The van der Waals surface area contributed by atoms with Crippen molar-refractivity contribution in [3.8, 4) is 11.6 Å². The number of nitrogens with zero attached hydrogens (tertiary/aromatic N) is 2. The van der Waals surface area contributed by atoms with Gasteiger partial charge in [-0.3, -0.25) is 10.1 Å². The van der Waals surface area contributed by atoms with Crippen LogP contribution in [-0.4, -0.2) is 9.91 Å². The third kappa shape index (κ3) is 3.09. The van der Waals surface area contributed by atoms with Gasteiger partial charge in [-0.2, -0.15) is 4.98 Å². The smallest absolute Gasteiger partial charge is 0.331 e. The summed E-state index contributed by atoms with van der Waals surface area (Å²) in [5, 5.41) is 11.3. The van der Waals surface area contributed by atoms with Crippen LogP contribution in [0.4, 0.5) is 11.5 Å². The van der Waals surface area contributed by atoms with Crippen molar-refractivity contribution in [1.29, 1.82) is 0 Å². The zero-order valence-corrected chi connectivity index (χ0v) is 10.3. The number of nitrogens with one attached hydrogen (secondary N) is 1. The maximum Gasteiger partial charge on any atom is 0.331 e. The fourth-order valence-electron chi connectivity index (χ4n) is 1.37. The molecule has 0 radical (unpaired) electrons. The Labute approximate surface area is 113 Å². The lowest BCUT2D eigenvalue weighted by molar-refractivity contribution is -0.386. The topological polar surface area (TPSA) is 103 Å². The van der Waals surface area contributed by atoms with Crippen LogP contribution in [0.1, 0.15) is 0 Å². The minimum absolute atomic E-state index is 0.164. The average Bonchev–Trinajstić information content (AvgIpc) is 2.38. The molecule has 2 aromatic rings. The van der Waals surface area contributed by atoms with E-state index in [4.69, 9.17) is 22.2 Å². The highest BCUT2D eigenvalue weighted by molar-refractivity contribution is 6.30. The summed E-state index contributed by atoms with van der Waals surface area (Å²) in [4.78, 5) is 14.2. The highest BCUT2D eigenvalue weighted by atomic mass is 35.5. The standard InChI is InChI=1S/C11H9ClN4O3/c12-7-2-1-3-8(6-7)19-11-9(16(17)18)4-5-10(14-11)15-13/h1-6H,13H2,(H,14,15). The molecule has 1 aromatic carbocycles. The predicted octanol–water partition coefficient (Wildman–Crippen LogP) is 2.72. The summed E-state index contributed by atoms with van der Waals surface area (Å²) in [6.45, 7) is 0. The largest absolute Gasteiger partial charge is 0.434 e. The van der Waals surface area contributed by atoms with Crippen LogP contribution in [0.2, 0.25) is 5.02 Å². The lowest BCUT2D eigenvalue weighted by Crippen LogP contribution is -2.09. The summed E-state index contributed by atoms with van der Waals surface area (Å²) >= 11 is 5.81. The van der Waals surface area contributed by atoms with Crippen molar-refractivity contribution in [3.05, 3.63) is 51.5 Å². The van der Waals surface area contributed by atoms with Gasteiger partial charge in [0.15, 0.2) is 0 Å². The zero-order chi connectivity index (χ0) is 13.8. The first-order valence-electron chi connectivity index (χ1n) is 5.15. The SMILES string of the molecule is NNc1ccc([N+](=O)[O-])c(Oc2cccc(Cl)c2)n1. The molecule has 0 aliphatic heterocycles. The van der Waals surface area contributed by atoms with Crippen LogP contribution >= 0.6 is 11.6 Å². The van der Waals surface area contributed by atoms with Crippen LogP contribution in [0.5, 0.6) is 11.6 Å². The Morgan fingerprint density at radius 1 is 1.37 bits per heavy atom. The molecule has 1 aromatic heterocycles. The van der Waals surface area contributed by atoms with E-state index in [0.717, 1.165) is 0 Å². The van der Waals surface area contributed by atoms with Gasteiger partial charge in [-0.25, -0.2) is 5.84 Å². The Balaban J connectivity index is 2.39. The molecule has 19 heavy (non-hydrogen) atoms. The molecule has 0 unspecified atom stereocenters. The second-order valence-corrected chi connectivity index (χ2v) is 3.92. The second kappa shape index (κ2) is 5.51. The van der Waals surface area contributed by atoms with Gasteiger partial charge in [-0.05, 0) is 24.3 Å². The number of ether oxygens (including phenoxy) is 1. The Kier molecular flexibility index (Phi) is 3.79. The Morgan fingerprint density at radius 2 is 2.16 bits per heavy atom. The van der Waals surface area contributed by atoms with Gasteiger partial charge in [-0.1, -0.05) is 17.7 Å². The van der Waals surface area contributed by atoms with E-state index in [1.807, 2.05) is 0 Å². The highest BCUT2D eigenvalue weighted by Crippen LogP contribution is 2.31. The number of aromatic nitrogens is 1. The molecule has 0 saturated carbocycles. The van der Waals surface area contributed by atoms with E-state index >= 15 is 0 Å². The Bertz CT molecular complexity index is 621. The summed E-state index contributed by atoms with van der Waals surface area (Å²) in [7, 11) is 0. The molecular formula is C11H9ClN4O3. The van der Waals surface area contributed by atoms with E-state index in [1.165, 1.54) is 18.2 Å². The molecule has 0 aliphatic carbocycles. The molecule has 3 N–H and O–H groups in total. The fourth-order valence-corrected chi connectivity index (χ4v) is 1.55. The lowest BCUT2D eigenvalue weighted by atomic mass is 10.3. The highest BCUT2D eigenvalue weighted by Gasteiger charge is 2.18. The summed E-state index contributed by atoms with van der Waals surface area (Å²) in [6.07, 6.45) is 0. The molecule has 0 bridgehead atoms. The molecule has 0 fully saturated rings. The number of nitrogen functional groups attached to an aromatic ring is 1. The van der Waals surface area contributed by atoms with Gasteiger partial charge in [-0.15, -0.1) is 0 Å². The molecule has 0 amide bonds. The van der Waals surface area contributed by atoms with Gasteiger partial charge in [0, 0.05) is 11.1 Å². The quantitative estimate of drug-likeness (QED) is 0.507. The molecule has 1 heterocycles. The number of rotatable bonds is 4. The van der Waals surface area contributed by atoms with Crippen LogP contribution in [0.15, 0.2) is 36.4 Å². The molecule has 0 spiro atoms. The van der Waals surface area contributed by atoms with Crippen molar-refractivity contribution in [2.75, 3.05) is 5.43 Å². The van der Waals surface area contributed by atoms with Gasteiger partial charge in [0.25, 0.3) is 0 Å². The molecule has 98 valence electrons. The van der Waals surface area contributed by atoms with Gasteiger partial charge in [0.1, 0.15) is 11.6 Å². The Hall–Kier alpha value is -2.38. The molecule has 0 saturated heterocycles. The van der Waals surface area contributed by atoms with Crippen molar-refractivity contribution in [2.45, 2.75) is 0 Å². The minimum atomic E-state index is -0.590. The number of nitrogens with two attached hydrogens (primary N) is 1. The summed E-state index contributed by atoms with van der Waals surface area (Å²) in [5.74, 6) is 5.64. The Morgan fingerprint density at radius 3 is 2.79 bits per heavy atom. The van der Waals surface area contributed by atoms with E-state index in [-0.39, 0.29) is 17.4 Å². The summed E-state index contributed by atoms with van der Waals surface area (Å²) < 4.78 is 5.36. The number of hydrogen-bond acceptors (Lipinski definition) is 6. The average molecular weight is 281 g/mol. The summed E-state index contributed by atoms with van der Waals surface area (Å²) in [5.41, 5.74) is 2.03. The van der Waals surface area contributed by atoms with Gasteiger partial charge < -0.3 is 10.2 Å². The van der Waals surface area contributed by atoms with Crippen LogP contribution < -0.4 is 16.0 Å². The number of pyridine rings is 1. The van der Waals surface area contributed by atoms with Crippen molar-refractivity contribution in [3.63, 3.8) is 0 Å². The zero-order valence-electron chi connectivity index (χ0n) is 9.54. The first-order valence-corrected chi connectivity index (χ1v) is 5.53. The molecule has 0 atom stereocenters. The van der Waals surface area contributed by atoms with E-state index < -0.39 is 4.92 Å². The lowest BCUT2D eigenvalue weighted by Gasteiger charge is -2.07. The third-order valence-corrected chi connectivity index (χ3v) is 2.43. The van der Waals surface area contributed by atoms with Crippen LogP contribution in [0, 0.1) is 10.1 Å². The number of nitro groups is 1. The van der Waals surface area contributed by atoms with Crippen LogP contribution in [0.25, 0.3) is 0 Å². The molecule has 7 nitrogen and oxygen atoms in total. The fraction of sp³-hybridized carbons (Fsp3) is 0. The molecule has 0 aliphatic rings. The minimum Gasteiger partial charge on any atom is -0.434 e. The number of hydrogen-bond donors (Lipinski definition) is 2. The number of anilines is 1. The van der Waals surface area contributed by atoms with Crippen molar-refractivity contribution >= 4 is 23.1 Å². The van der Waals surface area contributed by atoms with Gasteiger partial charge in [0.2, 0.25) is 0 Å². The molecule has 2 rings (SSSR count).